The molecule has 0 spiro atoms. The van der Waals surface area contributed by atoms with Gasteiger partial charge in [0.05, 0.1) is 66.1 Å². The molecule has 0 radical (unpaired) electrons. The Morgan fingerprint density at radius 1 is 0.686 bits per heavy atom. The van der Waals surface area contributed by atoms with Gasteiger partial charge in [0.15, 0.2) is 0 Å². The maximum absolute atomic E-state index is 12.5. The van der Waals surface area contributed by atoms with Gasteiger partial charge in [-0.2, -0.15) is 15.0 Å². The lowest BCUT2D eigenvalue weighted by atomic mass is 10.3. The predicted octanol–water partition coefficient (Wildman–Crippen LogP) is -1.03. The van der Waals surface area contributed by atoms with Crippen molar-refractivity contribution in [2.75, 3.05) is 129 Å². The number of alkyl halides is 1. The molecule has 0 bridgehead atoms. The monoisotopic (exact) mass is 505 g/mol. The van der Waals surface area contributed by atoms with Crippen molar-refractivity contribution in [1.82, 2.24) is 19.9 Å². The molecule has 2 rings (SSSR count). The highest BCUT2D eigenvalue weighted by Gasteiger charge is 2.20. The summed E-state index contributed by atoms with van der Waals surface area (Å²) in [6.07, 6.45) is 0. The van der Waals surface area contributed by atoms with Crippen LogP contribution in [0.1, 0.15) is 0 Å². The van der Waals surface area contributed by atoms with Gasteiger partial charge in [0.1, 0.15) is 13.3 Å². The Bertz CT molecular complexity index is 659. The zero-order chi connectivity index (χ0) is 25.0. The average molecular weight is 506 g/mol. The van der Waals surface area contributed by atoms with E-state index in [1.807, 2.05) is 4.90 Å². The van der Waals surface area contributed by atoms with Gasteiger partial charge < -0.3 is 44.8 Å². The van der Waals surface area contributed by atoms with Crippen molar-refractivity contribution in [3.05, 3.63) is 0 Å². The normalized spacial score (nSPS) is 14.5. The van der Waals surface area contributed by atoms with Crippen LogP contribution in [0.3, 0.4) is 0 Å². The van der Waals surface area contributed by atoms with Gasteiger partial charge in [-0.1, -0.05) is 0 Å². The molecule has 35 heavy (non-hydrogen) atoms. The van der Waals surface area contributed by atoms with Crippen LogP contribution in [0.2, 0.25) is 0 Å². The Balaban J connectivity index is 1.44. The molecule has 14 heteroatoms. The van der Waals surface area contributed by atoms with Crippen molar-refractivity contribution in [1.29, 1.82) is 0 Å². The van der Waals surface area contributed by atoms with Gasteiger partial charge in [0.25, 0.3) is 0 Å². The van der Waals surface area contributed by atoms with Crippen LogP contribution in [0.15, 0.2) is 0 Å². The lowest BCUT2D eigenvalue weighted by molar-refractivity contribution is -0.0124. The van der Waals surface area contributed by atoms with E-state index in [2.05, 4.69) is 19.9 Å². The molecule has 202 valence electrons. The van der Waals surface area contributed by atoms with E-state index in [0.717, 1.165) is 13.1 Å². The number of halogens is 1. The Morgan fingerprint density at radius 3 is 1.71 bits per heavy atom. The van der Waals surface area contributed by atoms with Crippen molar-refractivity contribution in [2.24, 2.45) is 5.73 Å². The van der Waals surface area contributed by atoms with E-state index in [0.29, 0.717) is 98.2 Å². The first-order chi connectivity index (χ1) is 17.2. The van der Waals surface area contributed by atoms with E-state index in [9.17, 15) is 4.39 Å². The number of nitrogen functional groups attached to an aromatic ring is 1. The quantitative estimate of drug-likeness (QED) is 0.196. The Labute approximate surface area is 206 Å². The van der Waals surface area contributed by atoms with Gasteiger partial charge in [0.2, 0.25) is 11.9 Å². The minimum absolute atomic E-state index is 0.0933. The largest absolute Gasteiger partial charge is 0.461 e. The molecule has 0 aromatic carbocycles. The van der Waals surface area contributed by atoms with Crippen LogP contribution >= 0.6 is 0 Å². The molecular formula is C21H40FN7O6. The topological polar surface area (TPSA) is 153 Å². The van der Waals surface area contributed by atoms with Crippen molar-refractivity contribution in [2.45, 2.75) is 0 Å². The highest BCUT2D eigenvalue weighted by molar-refractivity contribution is 5.36. The smallest absolute Gasteiger partial charge is 0.323 e. The lowest BCUT2D eigenvalue weighted by Gasteiger charge is -2.34. The van der Waals surface area contributed by atoms with E-state index < -0.39 is 0 Å². The van der Waals surface area contributed by atoms with Crippen LogP contribution in [0.25, 0.3) is 0 Å². The third-order valence-electron chi connectivity index (χ3n) is 4.89. The van der Waals surface area contributed by atoms with Gasteiger partial charge in [0, 0.05) is 39.3 Å². The molecule has 1 aliphatic rings. The second kappa shape index (κ2) is 19.3. The summed E-state index contributed by atoms with van der Waals surface area (Å²) in [6, 6.07) is 0.155. The lowest BCUT2D eigenvalue weighted by Crippen LogP contribution is -2.47. The summed E-state index contributed by atoms with van der Waals surface area (Å²) in [7, 11) is 0. The SMILES string of the molecule is NCCOCCOCCOCCOCCOCCOc1nc(N)nc(N2CCN(CCF)CC2)n1. The standard InChI is InChI=1S/C21H40FN7O6/c22-1-3-28-4-6-29(7-5-28)20-25-19(24)26-21(27-20)35-18-17-34-16-15-33-14-13-32-12-11-31-10-9-30-8-2-23/h1-18,23H2,(H2,24,25,26,27). The van der Waals surface area contributed by atoms with Gasteiger partial charge in [-0.05, 0) is 0 Å². The van der Waals surface area contributed by atoms with Crippen molar-refractivity contribution in [3.8, 4) is 6.01 Å². The first kappa shape index (κ1) is 29.3. The van der Waals surface area contributed by atoms with Crippen LogP contribution in [-0.2, 0) is 23.7 Å². The summed E-state index contributed by atoms with van der Waals surface area (Å²) >= 11 is 0. The number of hydrogen-bond acceptors (Lipinski definition) is 13. The number of aromatic nitrogens is 3. The zero-order valence-electron chi connectivity index (χ0n) is 20.4. The number of hydrogen-bond donors (Lipinski definition) is 2. The molecule has 2 heterocycles. The highest BCUT2D eigenvalue weighted by atomic mass is 19.1. The van der Waals surface area contributed by atoms with Crippen LogP contribution in [0, 0.1) is 0 Å². The Morgan fingerprint density at radius 2 is 1.20 bits per heavy atom. The fourth-order valence-corrected chi connectivity index (χ4v) is 3.11. The van der Waals surface area contributed by atoms with Gasteiger partial charge in [-0.25, -0.2) is 4.39 Å². The summed E-state index contributed by atoms with van der Waals surface area (Å²) in [4.78, 5) is 16.6. The minimum Gasteiger partial charge on any atom is -0.461 e. The Hall–Kier alpha value is -1.94. The van der Waals surface area contributed by atoms with E-state index in [4.69, 9.17) is 39.9 Å². The van der Waals surface area contributed by atoms with Crippen molar-refractivity contribution >= 4 is 11.9 Å². The first-order valence-corrected chi connectivity index (χ1v) is 12.0. The molecule has 1 aliphatic heterocycles. The van der Waals surface area contributed by atoms with Crippen LogP contribution in [0.4, 0.5) is 16.3 Å². The second-order valence-electron chi connectivity index (χ2n) is 7.49. The zero-order valence-corrected chi connectivity index (χ0v) is 20.4. The van der Waals surface area contributed by atoms with E-state index >= 15 is 0 Å². The molecule has 1 aromatic rings. The molecule has 1 fully saturated rings. The minimum atomic E-state index is -0.345. The van der Waals surface area contributed by atoms with Gasteiger partial charge in [-0.3, -0.25) is 4.90 Å². The third kappa shape index (κ3) is 13.7. The molecule has 0 amide bonds. The summed E-state index contributed by atoms with van der Waals surface area (Å²) in [5, 5.41) is 0. The van der Waals surface area contributed by atoms with Crippen molar-refractivity contribution < 1.29 is 32.8 Å². The molecule has 0 aliphatic carbocycles. The number of nitrogens with zero attached hydrogens (tertiary/aromatic N) is 5. The molecule has 1 saturated heterocycles. The summed E-state index contributed by atoms with van der Waals surface area (Å²) in [5.41, 5.74) is 11.1. The number of anilines is 2. The molecule has 4 N–H and O–H groups in total. The third-order valence-corrected chi connectivity index (χ3v) is 4.89. The van der Waals surface area contributed by atoms with E-state index in [-0.39, 0.29) is 25.2 Å². The molecular weight excluding hydrogens is 465 g/mol. The Kier molecular flexibility index (Phi) is 16.1. The summed E-state index contributed by atoms with van der Waals surface area (Å²) < 4.78 is 45.0. The van der Waals surface area contributed by atoms with Gasteiger partial charge >= 0.3 is 6.01 Å². The average Bonchev–Trinajstić information content (AvgIpc) is 2.86. The maximum Gasteiger partial charge on any atom is 0.323 e. The van der Waals surface area contributed by atoms with Crippen molar-refractivity contribution in [3.63, 3.8) is 0 Å². The highest BCUT2D eigenvalue weighted by Crippen LogP contribution is 2.15. The molecule has 0 saturated carbocycles. The van der Waals surface area contributed by atoms with Crippen LogP contribution in [0.5, 0.6) is 6.01 Å². The molecule has 0 atom stereocenters. The second-order valence-corrected chi connectivity index (χ2v) is 7.49. The molecule has 1 aromatic heterocycles. The number of nitrogens with two attached hydrogens (primary N) is 2. The van der Waals surface area contributed by atoms with E-state index in [1.165, 1.54) is 0 Å². The number of rotatable bonds is 21. The summed E-state index contributed by atoms with van der Waals surface area (Å²) in [6.45, 7) is 8.61. The molecule has 0 unspecified atom stereocenters. The number of ether oxygens (including phenoxy) is 6. The predicted molar refractivity (Wildman–Crippen MR) is 128 cm³/mol. The molecule has 13 nitrogen and oxygen atoms in total. The fourth-order valence-electron chi connectivity index (χ4n) is 3.11. The maximum atomic E-state index is 12.5. The summed E-state index contributed by atoms with van der Waals surface area (Å²) in [5.74, 6) is 0.558. The van der Waals surface area contributed by atoms with Gasteiger partial charge in [-0.15, -0.1) is 0 Å². The number of piperazine rings is 1. The fraction of sp³-hybridized carbons (Fsp3) is 0.857. The van der Waals surface area contributed by atoms with Crippen LogP contribution in [-0.4, -0.2) is 138 Å². The van der Waals surface area contributed by atoms with E-state index in [1.54, 1.807) is 0 Å². The van der Waals surface area contributed by atoms with Crippen LogP contribution < -0.4 is 21.1 Å². The first-order valence-electron chi connectivity index (χ1n) is 12.0.